The van der Waals surface area contributed by atoms with Gasteiger partial charge in [-0.3, -0.25) is 9.89 Å². The van der Waals surface area contributed by atoms with Crippen molar-refractivity contribution in [2.75, 3.05) is 60.0 Å². The van der Waals surface area contributed by atoms with Gasteiger partial charge >= 0.3 is 0 Å². The molecule has 1 atom stereocenters. The van der Waals surface area contributed by atoms with Gasteiger partial charge in [-0.15, -0.1) is 0 Å². The number of likely N-dealkylation sites (N-methyl/N-ethyl adjacent to an activating group) is 1. The lowest BCUT2D eigenvalue weighted by Crippen LogP contribution is -2.55. The smallest absolute Gasteiger partial charge is 0.191 e. The normalized spacial score (nSPS) is 19.6. The highest BCUT2D eigenvalue weighted by molar-refractivity contribution is 5.79. The molecule has 0 aromatic carbocycles. The van der Waals surface area contributed by atoms with Crippen molar-refractivity contribution in [1.29, 1.82) is 0 Å². The molecule has 0 saturated carbocycles. The Morgan fingerprint density at radius 3 is 2.29 bits per heavy atom. The van der Waals surface area contributed by atoms with Gasteiger partial charge in [0.15, 0.2) is 5.96 Å². The summed E-state index contributed by atoms with van der Waals surface area (Å²) in [5, 5.41) is 6.88. The van der Waals surface area contributed by atoms with Gasteiger partial charge in [0.25, 0.3) is 0 Å². The molecule has 0 aromatic heterocycles. The zero-order valence-electron chi connectivity index (χ0n) is 16.9. The molecule has 0 aromatic rings. The van der Waals surface area contributed by atoms with Gasteiger partial charge in [0, 0.05) is 52.4 Å². The van der Waals surface area contributed by atoms with E-state index >= 15 is 0 Å². The predicted octanol–water partition coefficient (Wildman–Crippen LogP) is 1.24. The second-order valence-corrected chi connectivity index (χ2v) is 7.69. The van der Waals surface area contributed by atoms with E-state index in [-0.39, 0.29) is 5.60 Å². The monoisotopic (exact) mass is 341 g/mol. The number of methoxy groups -OCH3 is 1. The molecule has 1 fully saturated rings. The quantitative estimate of drug-likeness (QED) is 0.514. The largest absolute Gasteiger partial charge is 0.377 e. The molecular formula is C18H39N5O. The van der Waals surface area contributed by atoms with Crippen molar-refractivity contribution in [2.24, 2.45) is 10.9 Å². The lowest BCUT2D eigenvalue weighted by Gasteiger charge is -2.40. The fourth-order valence-electron chi connectivity index (χ4n) is 2.82. The van der Waals surface area contributed by atoms with Gasteiger partial charge in [-0.25, -0.2) is 0 Å². The first-order chi connectivity index (χ1) is 11.3. The lowest BCUT2D eigenvalue weighted by atomic mass is 10.0. The van der Waals surface area contributed by atoms with Gasteiger partial charge in [0.05, 0.1) is 12.1 Å². The van der Waals surface area contributed by atoms with Crippen LogP contribution in [0.1, 0.15) is 34.6 Å². The zero-order chi connectivity index (χ0) is 18.2. The summed E-state index contributed by atoms with van der Waals surface area (Å²) in [6, 6.07) is 0.526. The van der Waals surface area contributed by atoms with Gasteiger partial charge in [0.1, 0.15) is 0 Å². The van der Waals surface area contributed by atoms with Crippen LogP contribution in [0.4, 0.5) is 0 Å². The van der Waals surface area contributed by atoms with Gasteiger partial charge in [-0.05, 0) is 33.7 Å². The molecular weight excluding hydrogens is 302 g/mol. The number of piperazine rings is 1. The maximum absolute atomic E-state index is 5.46. The zero-order valence-corrected chi connectivity index (χ0v) is 16.9. The Morgan fingerprint density at radius 1 is 1.17 bits per heavy atom. The van der Waals surface area contributed by atoms with E-state index in [0.717, 1.165) is 45.2 Å². The maximum atomic E-state index is 5.46. The average Bonchev–Trinajstić information content (AvgIpc) is 2.54. The third-order valence-electron chi connectivity index (χ3n) is 4.77. The molecule has 2 N–H and O–H groups in total. The fraction of sp³-hybridized carbons (Fsp3) is 0.944. The van der Waals surface area contributed by atoms with Crippen LogP contribution >= 0.6 is 0 Å². The Labute approximate surface area is 149 Å². The fourth-order valence-corrected chi connectivity index (χ4v) is 2.82. The van der Waals surface area contributed by atoms with E-state index in [4.69, 9.17) is 4.74 Å². The second-order valence-electron chi connectivity index (χ2n) is 7.69. The van der Waals surface area contributed by atoms with Crippen molar-refractivity contribution in [1.82, 2.24) is 20.4 Å². The summed E-state index contributed by atoms with van der Waals surface area (Å²) in [7, 11) is 3.94. The van der Waals surface area contributed by atoms with E-state index in [1.54, 1.807) is 7.11 Å². The Morgan fingerprint density at radius 2 is 1.79 bits per heavy atom. The first kappa shape index (κ1) is 21.2. The molecule has 0 bridgehead atoms. The van der Waals surface area contributed by atoms with Crippen LogP contribution in [0, 0.1) is 5.92 Å². The third kappa shape index (κ3) is 7.36. The minimum atomic E-state index is -0.239. The van der Waals surface area contributed by atoms with Crippen molar-refractivity contribution in [3.05, 3.63) is 0 Å². The van der Waals surface area contributed by atoms with Gasteiger partial charge in [0.2, 0.25) is 0 Å². The van der Waals surface area contributed by atoms with E-state index in [9.17, 15) is 0 Å². The Kier molecular flexibility index (Phi) is 9.02. The highest BCUT2D eigenvalue weighted by Gasteiger charge is 2.25. The molecule has 6 nitrogen and oxygen atoms in total. The van der Waals surface area contributed by atoms with E-state index in [1.165, 1.54) is 0 Å². The number of hydrogen-bond donors (Lipinski definition) is 2. The molecule has 0 spiro atoms. The number of ether oxygens (including phenoxy) is 1. The number of nitrogens with zero attached hydrogens (tertiary/aromatic N) is 3. The summed E-state index contributed by atoms with van der Waals surface area (Å²) in [5.41, 5.74) is -0.239. The number of guanidine groups is 1. The standard InChI is InChI=1S/C18H39N5O/c1-8-19-17(21-14-18(4,5)24-7)20-13-16(15(2)3)23-11-9-22(6)10-12-23/h15-16H,8-14H2,1-7H3,(H2,19,20,21). The van der Waals surface area contributed by atoms with E-state index in [1.807, 2.05) is 0 Å². The van der Waals surface area contributed by atoms with Crippen LogP contribution in [0.25, 0.3) is 0 Å². The van der Waals surface area contributed by atoms with Crippen molar-refractivity contribution in [3.63, 3.8) is 0 Å². The van der Waals surface area contributed by atoms with Crippen molar-refractivity contribution in [3.8, 4) is 0 Å². The van der Waals surface area contributed by atoms with Crippen LogP contribution in [0.5, 0.6) is 0 Å². The number of hydrogen-bond acceptors (Lipinski definition) is 4. The second kappa shape index (κ2) is 10.2. The maximum Gasteiger partial charge on any atom is 0.191 e. The molecule has 1 heterocycles. The number of aliphatic imine (C=N–C) groups is 1. The molecule has 1 aliphatic rings. The molecule has 1 saturated heterocycles. The first-order valence-corrected chi connectivity index (χ1v) is 9.29. The predicted molar refractivity (Wildman–Crippen MR) is 103 cm³/mol. The van der Waals surface area contributed by atoms with Crippen molar-refractivity contribution >= 4 is 5.96 Å². The molecule has 142 valence electrons. The molecule has 0 aliphatic carbocycles. The minimum absolute atomic E-state index is 0.239. The van der Waals surface area contributed by atoms with Crippen LogP contribution in [-0.2, 0) is 4.74 Å². The molecule has 0 radical (unpaired) electrons. The lowest BCUT2D eigenvalue weighted by molar-refractivity contribution is 0.0310. The van der Waals surface area contributed by atoms with Gasteiger partial charge in [-0.1, -0.05) is 13.8 Å². The molecule has 6 heteroatoms. The molecule has 24 heavy (non-hydrogen) atoms. The summed E-state index contributed by atoms with van der Waals surface area (Å²) in [6.45, 7) is 17.8. The highest BCUT2D eigenvalue weighted by Crippen LogP contribution is 2.13. The topological polar surface area (TPSA) is 52.1 Å². The molecule has 1 aliphatic heterocycles. The first-order valence-electron chi connectivity index (χ1n) is 9.29. The summed E-state index contributed by atoms with van der Waals surface area (Å²) in [6.07, 6.45) is 0. The van der Waals surface area contributed by atoms with Crippen LogP contribution < -0.4 is 10.6 Å². The third-order valence-corrected chi connectivity index (χ3v) is 4.77. The van der Waals surface area contributed by atoms with E-state index < -0.39 is 0 Å². The molecule has 1 unspecified atom stereocenters. The summed E-state index contributed by atoms with van der Waals surface area (Å²) in [4.78, 5) is 9.70. The van der Waals surface area contributed by atoms with Crippen molar-refractivity contribution < 1.29 is 4.74 Å². The van der Waals surface area contributed by atoms with E-state index in [0.29, 0.717) is 18.5 Å². The number of nitrogens with one attached hydrogen (secondary N) is 2. The molecule has 1 rings (SSSR count). The summed E-state index contributed by atoms with van der Waals surface area (Å²) in [5.74, 6) is 1.49. The van der Waals surface area contributed by atoms with Gasteiger partial charge < -0.3 is 20.3 Å². The Balaban J connectivity index is 2.62. The van der Waals surface area contributed by atoms with Crippen LogP contribution in [-0.4, -0.2) is 87.4 Å². The summed E-state index contributed by atoms with van der Waals surface area (Å²) < 4.78 is 5.46. The summed E-state index contributed by atoms with van der Waals surface area (Å²) >= 11 is 0. The SMILES string of the molecule is CCNC(=NCC(C)(C)OC)NCC(C(C)C)N1CCN(C)CC1. The van der Waals surface area contributed by atoms with E-state index in [2.05, 4.69) is 67.1 Å². The Bertz CT molecular complexity index is 376. The van der Waals surface area contributed by atoms with Crippen LogP contribution in [0.3, 0.4) is 0 Å². The van der Waals surface area contributed by atoms with Crippen molar-refractivity contribution in [2.45, 2.75) is 46.3 Å². The molecule has 0 amide bonds. The van der Waals surface area contributed by atoms with Crippen LogP contribution in [0.2, 0.25) is 0 Å². The highest BCUT2D eigenvalue weighted by atomic mass is 16.5. The Hall–Kier alpha value is -0.850. The average molecular weight is 342 g/mol. The number of rotatable bonds is 8. The van der Waals surface area contributed by atoms with Gasteiger partial charge in [-0.2, -0.15) is 0 Å². The minimum Gasteiger partial charge on any atom is -0.377 e. The van der Waals surface area contributed by atoms with Crippen LogP contribution in [0.15, 0.2) is 4.99 Å².